The van der Waals surface area contributed by atoms with E-state index in [0.29, 0.717) is 0 Å². The molecule has 32 heavy (non-hydrogen) atoms. The summed E-state index contributed by atoms with van der Waals surface area (Å²) < 4.78 is 0. The lowest BCUT2D eigenvalue weighted by molar-refractivity contribution is 0.452. The second kappa shape index (κ2) is 9.32. The quantitative estimate of drug-likeness (QED) is 0.354. The lowest BCUT2D eigenvalue weighted by Gasteiger charge is -2.36. The summed E-state index contributed by atoms with van der Waals surface area (Å²) in [4.78, 5) is 7.04. The van der Waals surface area contributed by atoms with E-state index in [1.165, 1.54) is 50.2 Å². The van der Waals surface area contributed by atoms with Crippen molar-refractivity contribution in [3.8, 4) is 0 Å². The van der Waals surface area contributed by atoms with Crippen LogP contribution >= 0.6 is 0 Å². The van der Waals surface area contributed by atoms with Crippen LogP contribution in [0.4, 0.5) is 5.69 Å². The molecule has 1 heterocycles. The lowest BCUT2D eigenvalue weighted by atomic mass is 9.85. The van der Waals surface area contributed by atoms with Crippen LogP contribution in [0.15, 0.2) is 60.4 Å². The predicted molar refractivity (Wildman–Crippen MR) is 141 cm³/mol. The van der Waals surface area contributed by atoms with E-state index < -0.39 is 0 Å². The monoisotopic (exact) mass is 426 g/mol. The molecule has 168 valence electrons. The van der Waals surface area contributed by atoms with Crippen LogP contribution in [0.1, 0.15) is 62.4 Å². The van der Waals surface area contributed by atoms with Gasteiger partial charge in [0.2, 0.25) is 0 Å². The average Bonchev–Trinajstić information content (AvgIpc) is 2.73. The molecule has 0 spiro atoms. The standard InChI is InChI=1S/C30H38N2/c1-10-25-18-29(23(6)16-22(25)5)32(19-30(8,9)20(2)3)24(7)17-26-13-14-31-28-12-11-21(4)15-27(26)28/h11-18H,2,10,19H2,1,3-9H3/b24-17+. The van der Waals surface area contributed by atoms with Crippen LogP contribution in [0.5, 0.6) is 0 Å². The SMILES string of the molecule is C=C(C)C(C)(C)CN(/C(C)=C/c1ccnc2ccc(C)cc12)c1cc(CC)c(C)cc1C. The van der Waals surface area contributed by atoms with Crippen molar-refractivity contribution in [1.29, 1.82) is 0 Å². The highest BCUT2D eigenvalue weighted by Gasteiger charge is 2.25. The molecule has 1 aromatic heterocycles. The molecule has 0 aliphatic rings. The first kappa shape index (κ1) is 23.8. The summed E-state index contributed by atoms with van der Waals surface area (Å²) in [5, 5.41) is 1.20. The molecule has 3 aromatic rings. The smallest absolute Gasteiger partial charge is 0.0708 e. The summed E-state index contributed by atoms with van der Waals surface area (Å²) >= 11 is 0. The molecule has 3 rings (SSSR count). The van der Waals surface area contributed by atoms with Gasteiger partial charge < -0.3 is 4.90 Å². The number of aromatic nitrogens is 1. The second-order valence-electron chi connectivity index (χ2n) is 9.88. The van der Waals surface area contributed by atoms with E-state index in [0.717, 1.165) is 18.5 Å². The van der Waals surface area contributed by atoms with Crippen LogP contribution in [0.3, 0.4) is 0 Å². The van der Waals surface area contributed by atoms with Gasteiger partial charge in [-0.3, -0.25) is 4.98 Å². The zero-order valence-electron chi connectivity index (χ0n) is 21.1. The highest BCUT2D eigenvalue weighted by atomic mass is 15.1. The molecule has 0 unspecified atom stereocenters. The van der Waals surface area contributed by atoms with Gasteiger partial charge in [0.15, 0.2) is 0 Å². The number of anilines is 1. The number of rotatable bonds is 7. The number of nitrogens with zero attached hydrogens (tertiary/aromatic N) is 2. The van der Waals surface area contributed by atoms with Crippen LogP contribution in [0, 0.1) is 26.2 Å². The van der Waals surface area contributed by atoms with Crippen LogP contribution in [0.25, 0.3) is 17.0 Å². The largest absolute Gasteiger partial charge is 0.344 e. The molecule has 0 saturated carbocycles. The van der Waals surface area contributed by atoms with Crippen molar-refractivity contribution < 1.29 is 0 Å². The molecule has 0 radical (unpaired) electrons. The predicted octanol–water partition coefficient (Wildman–Crippen LogP) is 8.19. The van der Waals surface area contributed by atoms with E-state index in [2.05, 4.69) is 114 Å². The van der Waals surface area contributed by atoms with E-state index in [-0.39, 0.29) is 5.41 Å². The molecule has 0 aliphatic carbocycles. The Bertz CT molecular complexity index is 1180. The van der Waals surface area contributed by atoms with Gasteiger partial charge in [0.05, 0.1) is 5.52 Å². The maximum Gasteiger partial charge on any atom is 0.0708 e. The van der Waals surface area contributed by atoms with Crippen LogP contribution in [-0.4, -0.2) is 11.5 Å². The number of aryl methyl sites for hydroxylation is 4. The fourth-order valence-corrected chi connectivity index (χ4v) is 4.20. The number of pyridine rings is 1. The Morgan fingerprint density at radius 1 is 1.03 bits per heavy atom. The van der Waals surface area contributed by atoms with Crippen LogP contribution in [-0.2, 0) is 6.42 Å². The molecule has 2 aromatic carbocycles. The van der Waals surface area contributed by atoms with Crippen molar-refractivity contribution >= 4 is 22.7 Å². The van der Waals surface area contributed by atoms with Gasteiger partial charge in [-0.2, -0.15) is 0 Å². The first-order valence-electron chi connectivity index (χ1n) is 11.6. The summed E-state index contributed by atoms with van der Waals surface area (Å²) in [6.45, 7) is 22.9. The molecule has 0 amide bonds. The van der Waals surface area contributed by atoms with E-state index in [1.54, 1.807) is 0 Å². The Morgan fingerprint density at radius 3 is 2.41 bits per heavy atom. The summed E-state index contributed by atoms with van der Waals surface area (Å²) in [7, 11) is 0. The Morgan fingerprint density at radius 2 is 1.75 bits per heavy atom. The fraction of sp³-hybridized carbons (Fsp3) is 0.367. The molecule has 0 N–H and O–H groups in total. The Balaban J connectivity index is 2.18. The summed E-state index contributed by atoms with van der Waals surface area (Å²) in [6, 6.07) is 13.3. The van der Waals surface area contributed by atoms with Crippen LogP contribution in [0.2, 0.25) is 0 Å². The fourth-order valence-electron chi connectivity index (χ4n) is 4.20. The van der Waals surface area contributed by atoms with Gasteiger partial charge in [-0.1, -0.05) is 50.6 Å². The van der Waals surface area contributed by atoms with Gasteiger partial charge in [-0.25, -0.2) is 0 Å². The van der Waals surface area contributed by atoms with E-state index >= 15 is 0 Å². The maximum absolute atomic E-state index is 4.57. The molecule has 0 fully saturated rings. The highest BCUT2D eigenvalue weighted by Crippen LogP contribution is 2.34. The molecular formula is C30H38N2. The van der Waals surface area contributed by atoms with Gasteiger partial charge in [0, 0.05) is 34.9 Å². The lowest BCUT2D eigenvalue weighted by Crippen LogP contribution is -2.34. The third kappa shape index (κ3) is 4.96. The van der Waals surface area contributed by atoms with E-state index in [9.17, 15) is 0 Å². The Hall–Kier alpha value is -2.87. The third-order valence-electron chi connectivity index (χ3n) is 6.76. The number of allylic oxidation sites excluding steroid dienone is 1. The van der Waals surface area contributed by atoms with Gasteiger partial charge in [0.25, 0.3) is 0 Å². The first-order chi connectivity index (χ1) is 15.0. The second-order valence-corrected chi connectivity index (χ2v) is 9.88. The molecule has 0 aliphatic heterocycles. The molecule has 0 atom stereocenters. The summed E-state index contributed by atoms with van der Waals surface area (Å²) in [5.41, 5.74) is 11.2. The zero-order valence-corrected chi connectivity index (χ0v) is 21.1. The van der Waals surface area contributed by atoms with Crippen molar-refractivity contribution in [1.82, 2.24) is 4.98 Å². The van der Waals surface area contributed by atoms with Crippen molar-refractivity contribution in [2.45, 2.75) is 61.8 Å². The minimum absolute atomic E-state index is 0.0182. The molecule has 0 saturated heterocycles. The maximum atomic E-state index is 4.57. The highest BCUT2D eigenvalue weighted by molar-refractivity contribution is 5.89. The number of hydrogen-bond acceptors (Lipinski definition) is 2. The van der Waals surface area contributed by atoms with Crippen molar-refractivity contribution in [2.75, 3.05) is 11.4 Å². The normalized spacial score (nSPS) is 12.3. The average molecular weight is 427 g/mol. The summed E-state index contributed by atoms with van der Waals surface area (Å²) in [5.74, 6) is 0. The first-order valence-corrected chi connectivity index (χ1v) is 11.6. The van der Waals surface area contributed by atoms with E-state index in [4.69, 9.17) is 0 Å². The molecule has 2 nitrogen and oxygen atoms in total. The van der Waals surface area contributed by atoms with Crippen molar-refractivity contribution in [3.05, 3.63) is 88.3 Å². The van der Waals surface area contributed by atoms with Crippen LogP contribution < -0.4 is 4.90 Å². The molecule has 2 heteroatoms. The Kier molecular flexibility index (Phi) is 6.93. The third-order valence-corrected chi connectivity index (χ3v) is 6.76. The minimum Gasteiger partial charge on any atom is -0.344 e. The Labute approximate surface area is 194 Å². The molecular weight excluding hydrogens is 388 g/mol. The van der Waals surface area contributed by atoms with E-state index in [1.807, 2.05) is 6.20 Å². The molecule has 0 bridgehead atoms. The topological polar surface area (TPSA) is 16.1 Å². The van der Waals surface area contributed by atoms with Gasteiger partial charge in [-0.05, 0) is 93.6 Å². The van der Waals surface area contributed by atoms with Gasteiger partial charge in [-0.15, -0.1) is 0 Å². The van der Waals surface area contributed by atoms with Crippen molar-refractivity contribution in [2.24, 2.45) is 5.41 Å². The number of fused-ring (bicyclic) bond motifs is 1. The van der Waals surface area contributed by atoms with Crippen molar-refractivity contribution in [3.63, 3.8) is 0 Å². The number of hydrogen-bond donors (Lipinski definition) is 0. The minimum atomic E-state index is -0.0182. The zero-order chi connectivity index (χ0) is 23.6. The van der Waals surface area contributed by atoms with Gasteiger partial charge >= 0.3 is 0 Å². The summed E-state index contributed by atoms with van der Waals surface area (Å²) in [6.07, 6.45) is 5.25. The number of benzene rings is 2. The van der Waals surface area contributed by atoms with Gasteiger partial charge in [0.1, 0.15) is 0 Å².